The number of hydrogen-bond acceptors (Lipinski definition) is 2. The van der Waals surface area contributed by atoms with Crippen LogP contribution in [0.25, 0.3) is 0 Å². The summed E-state index contributed by atoms with van der Waals surface area (Å²) in [5, 5.41) is 0. The Hall–Kier alpha value is -1.57. The molecule has 124 valence electrons. The van der Waals surface area contributed by atoms with E-state index in [1.165, 1.54) is 30.4 Å². The molecule has 0 aromatic rings. The Bertz CT molecular complexity index is 612. The zero-order valence-electron chi connectivity index (χ0n) is 14.7. The molecule has 3 aliphatic carbocycles. The number of hydrogen-bond donors (Lipinski definition) is 0. The largest absolute Gasteiger partial charge is 0.457 e. The lowest BCUT2D eigenvalue weighted by Gasteiger charge is -2.16. The number of carbonyl (C=O) groups is 1. The first-order valence-corrected chi connectivity index (χ1v) is 8.75. The number of rotatable bonds is 5. The average Bonchev–Trinajstić information content (AvgIpc) is 2.89. The molecule has 0 aromatic heterocycles. The topological polar surface area (TPSA) is 26.3 Å². The minimum Gasteiger partial charge on any atom is -0.457 e. The van der Waals surface area contributed by atoms with Crippen LogP contribution in [-0.2, 0) is 9.53 Å². The maximum Gasteiger partial charge on any atom is 0.310 e. The fraction of sp³-hybridized carbons (Fsp3) is 0.571. The molecule has 3 rings (SSSR count). The smallest absolute Gasteiger partial charge is 0.310 e. The Morgan fingerprint density at radius 1 is 1.39 bits per heavy atom. The van der Waals surface area contributed by atoms with Crippen molar-refractivity contribution in [3.8, 4) is 0 Å². The molecule has 0 bridgehead atoms. The molecule has 0 N–H and O–H groups in total. The molecule has 2 heteroatoms. The molecule has 2 nitrogen and oxygen atoms in total. The molecular formula is C21H28O2. The third-order valence-corrected chi connectivity index (χ3v) is 6.00. The van der Waals surface area contributed by atoms with Crippen molar-refractivity contribution in [3.63, 3.8) is 0 Å². The minimum atomic E-state index is -0.127. The summed E-state index contributed by atoms with van der Waals surface area (Å²) >= 11 is 0. The van der Waals surface area contributed by atoms with E-state index in [0.717, 1.165) is 24.0 Å². The van der Waals surface area contributed by atoms with Crippen LogP contribution in [0.2, 0.25) is 0 Å². The number of carbonyl (C=O) groups excluding carboxylic acids is 1. The summed E-state index contributed by atoms with van der Waals surface area (Å²) in [5.41, 5.74) is 5.01. The van der Waals surface area contributed by atoms with Gasteiger partial charge in [-0.25, -0.2) is 0 Å². The first-order valence-electron chi connectivity index (χ1n) is 8.75. The van der Waals surface area contributed by atoms with E-state index in [-0.39, 0.29) is 23.4 Å². The van der Waals surface area contributed by atoms with E-state index in [9.17, 15) is 4.79 Å². The predicted octanol–water partition coefficient (Wildman–Crippen LogP) is 5.13. The summed E-state index contributed by atoms with van der Waals surface area (Å²) in [4.78, 5) is 12.7. The average molecular weight is 312 g/mol. The van der Waals surface area contributed by atoms with Gasteiger partial charge in [-0.15, -0.1) is 6.58 Å². The standard InChI is InChI=1S/C21H28O2/c1-6-8-16-13(2)11-18(14(16)3)23-20(22)19-17(21(19,4)5)12-15-9-7-10-15/h6,12,17-19H,1-2,7-11H2,3-5H3/t17-,18?,19+/m1/s1. The quantitative estimate of drug-likeness (QED) is 0.519. The van der Waals surface area contributed by atoms with Crippen molar-refractivity contribution < 1.29 is 9.53 Å². The Balaban J connectivity index is 1.66. The molecule has 0 radical (unpaired) electrons. The van der Waals surface area contributed by atoms with Crippen molar-refractivity contribution in [2.24, 2.45) is 17.3 Å². The van der Waals surface area contributed by atoms with E-state index in [2.05, 4.69) is 40.0 Å². The Labute approximate surface area is 140 Å². The van der Waals surface area contributed by atoms with Crippen molar-refractivity contribution in [1.82, 2.24) is 0 Å². The third kappa shape index (κ3) is 2.84. The van der Waals surface area contributed by atoms with E-state index in [0.29, 0.717) is 5.92 Å². The lowest BCUT2D eigenvalue weighted by atomic mass is 9.90. The summed E-state index contributed by atoms with van der Waals surface area (Å²) in [6.45, 7) is 14.3. The van der Waals surface area contributed by atoms with E-state index in [1.807, 2.05) is 6.08 Å². The molecule has 23 heavy (non-hydrogen) atoms. The van der Waals surface area contributed by atoms with Crippen molar-refractivity contribution in [1.29, 1.82) is 0 Å². The van der Waals surface area contributed by atoms with Gasteiger partial charge in [0.1, 0.15) is 6.10 Å². The lowest BCUT2D eigenvalue weighted by Crippen LogP contribution is -2.20. The molecule has 0 heterocycles. The van der Waals surface area contributed by atoms with Gasteiger partial charge in [-0.1, -0.05) is 38.2 Å². The van der Waals surface area contributed by atoms with Crippen LogP contribution in [0.5, 0.6) is 0 Å². The predicted molar refractivity (Wildman–Crippen MR) is 93.8 cm³/mol. The van der Waals surface area contributed by atoms with Gasteiger partial charge < -0.3 is 4.74 Å². The fourth-order valence-corrected chi connectivity index (χ4v) is 4.01. The van der Waals surface area contributed by atoms with Gasteiger partial charge >= 0.3 is 5.97 Å². The molecule has 0 aliphatic heterocycles. The molecule has 2 fully saturated rings. The summed E-state index contributed by atoms with van der Waals surface area (Å²) in [6, 6.07) is 0. The highest BCUT2D eigenvalue weighted by molar-refractivity contribution is 5.79. The van der Waals surface area contributed by atoms with Crippen LogP contribution in [-0.4, -0.2) is 12.1 Å². The molecule has 2 saturated carbocycles. The molecule has 0 aromatic carbocycles. The number of allylic oxidation sites excluding steroid dienone is 4. The first-order chi connectivity index (χ1) is 10.9. The lowest BCUT2D eigenvalue weighted by molar-refractivity contribution is -0.149. The normalized spacial score (nSPS) is 31.7. The number of esters is 1. The molecule has 0 amide bonds. The van der Waals surface area contributed by atoms with Gasteiger partial charge in [0, 0.05) is 6.42 Å². The van der Waals surface area contributed by atoms with Crippen LogP contribution in [0.4, 0.5) is 0 Å². The summed E-state index contributed by atoms with van der Waals surface area (Å²) in [7, 11) is 0. The van der Waals surface area contributed by atoms with Crippen LogP contribution in [0.1, 0.15) is 52.9 Å². The summed E-state index contributed by atoms with van der Waals surface area (Å²) in [6.07, 6.45) is 9.37. The Morgan fingerprint density at radius 3 is 2.65 bits per heavy atom. The highest BCUT2D eigenvalue weighted by Gasteiger charge is 2.62. The molecule has 1 unspecified atom stereocenters. The van der Waals surface area contributed by atoms with Crippen molar-refractivity contribution in [3.05, 3.63) is 47.6 Å². The zero-order valence-corrected chi connectivity index (χ0v) is 14.7. The summed E-state index contributed by atoms with van der Waals surface area (Å²) < 4.78 is 5.87. The third-order valence-electron chi connectivity index (χ3n) is 6.00. The van der Waals surface area contributed by atoms with Crippen LogP contribution < -0.4 is 0 Å². The van der Waals surface area contributed by atoms with Crippen molar-refractivity contribution in [2.45, 2.75) is 59.0 Å². The maximum atomic E-state index is 12.7. The SMILES string of the molecule is C=CCC1=C(C)C(OC(=O)[C@@H]2[C@@H](C=C3CCC3)C2(C)C)CC1=C. The minimum absolute atomic E-state index is 0.0140. The van der Waals surface area contributed by atoms with E-state index in [4.69, 9.17) is 4.74 Å². The number of ether oxygens (including phenoxy) is 1. The molecular weight excluding hydrogens is 284 g/mol. The van der Waals surface area contributed by atoms with Gasteiger partial charge in [0.15, 0.2) is 0 Å². The highest BCUT2D eigenvalue weighted by atomic mass is 16.5. The Morgan fingerprint density at radius 2 is 2.09 bits per heavy atom. The second-order valence-corrected chi connectivity index (χ2v) is 7.89. The first kappa shape index (κ1) is 16.3. The van der Waals surface area contributed by atoms with E-state index in [1.54, 1.807) is 0 Å². The van der Waals surface area contributed by atoms with Crippen LogP contribution in [0.15, 0.2) is 47.6 Å². The maximum absolute atomic E-state index is 12.7. The molecule has 3 aliphatic rings. The molecule has 3 atom stereocenters. The van der Waals surface area contributed by atoms with Crippen LogP contribution in [0, 0.1) is 17.3 Å². The van der Waals surface area contributed by atoms with Crippen molar-refractivity contribution >= 4 is 5.97 Å². The van der Waals surface area contributed by atoms with Crippen LogP contribution >= 0.6 is 0 Å². The summed E-state index contributed by atoms with van der Waals surface area (Å²) in [5.74, 6) is 0.333. The monoisotopic (exact) mass is 312 g/mol. The van der Waals surface area contributed by atoms with E-state index >= 15 is 0 Å². The molecule has 0 saturated heterocycles. The fourth-order valence-electron chi connectivity index (χ4n) is 4.01. The van der Waals surface area contributed by atoms with Gasteiger partial charge in [-0.05, 0) is 60.7 Å². The van der Waals surface area contributed by atoms with E-state index < -0.39 is 0 Å². The van der Waals surface area contributed by atoms with Gasteiger partial charge in [0.05, 0.1) is 5.92 Å². The Kier molecular flexibility index (Phi) is 4.12. The highest BCUT2D eigenvalue weighted by Crippen LogP contribution is 2.60. The van der Waals surface area contributed by atoms with Gasteiger partial charge in [0.2, 0.25) is 0 Å². The van der Waals surface area contributed by atoms with Crippen LogP contribution in [0.3, 0.4) is 0 Å². The van der Waals surface area contributed by atoms with Gasteiger partial charge in [0.25, 0.3) is 0 Å². The van der Waals surface area contributed by atoms with Gasteiger partial charge in [-0.3, -0.25) is 4.79 Å². The second kappa shape index (κ2) is 5.81. The molecule has 0 spiro atoms. The van der Waals surface area contributed by atoms with Gasteiger partial charge in [-0.2, -0.15) is 0 Å². The van der Waals surface area contributed by atoms with Crippen molar-refractivity contribution in [2.75, 3.05) is 0 Å². The second-order valence-electron chi connectivity index (χ2n) is 7.89. The zero-order chi connectivity index (χ0) is 16.8.